The molecule has 0 amide bonds. The Morgan fingerprint density at radius 2 is 1.27 bits per heavy atom. The van der Waals surface area contributed by atoms with E-state index in [4.69, 9.17) is 18.6 Å². The van der Waals surface area contributed by atoms with E-state index in [-0.39, 0.29) is 5.92 Å². The first-order valence-electron chi connectivity index (χ1n) is 14.6. The van der Waals surface area contributed by atoms with Crippen molar-refractivity contribution < 1.29 is 18.6 Å². The zero-order valence-electron chi connectivity index (χ0n) is 24.6. The number of hydrogen-bond acceptors (Lipinski definition) is 3. The molecule has 1 aliphatic rings. The molecule has 214 valence electrons. The van der Waals surface area contributed by atoms with Crippen LogP contribution in [0.15, 0.2) is 150 Å². The Morgan fingerprint density at radius 1 is 0.614 bits per heavy atom. The molecule has 0 spiro atoms. The summed E-state index contributed by atoms with van der Waals surface area (Å²) in [5.41, 5.74) is 7.17. The molecule has 4 nitrogen and oxygen atoms in total. The number of allylic oxidation sites excluding steroid dienone is 2. The molecule has 2 heterocycles. The second-order valence-corrected chi connectivity index (χ2v) is 10.6. The van der Waals surface area contributed by atoms with E-state index in [9.17, 15) is 0 Å². The van der Waals surface area contributed by atoms with Crippen molar-refractivity contribution in [1.82, 2.24) is 0 Å². The van der Waals surface area contributed by atoms with Gasteiger partial charge in [0.25, 0.3) is 0 Å². The molecule has 1 atom stereocenters. The molecule has 0 saturated carbocycles. The Morgan fingerprint density at radius 3 is 2.00 bits per heavy atom. The molecule has 0 aliphatic carbocycles. The molecule has 0 bridgehead atoms. The number of hydrogen-bond donors (Lipinski definition) is 0. The highest BCUT2D eigenvalue weighted by Crippen LogP contribution is 2.51. The number of fused-ring (bicyclic) bond motifs is 2. The van der Waals surface area contributed by atoms with E-state index in [1.165, 1.54) is 0 Å². The minimum absolute atomic E-state index is 0.185. The molecule has 0 radical (unpaired) electrons. The molecule has 0 saturated heterocycles. The van der Waals surface area contributed by atoms with Crippen LogP contribution in [-0.4, -0.2) is 14.2 Å². The molecule has 0 N–H and O–H groups in total. The lowest BCUT2D eigenvalue weighted by Crippen LogP contribution is -2.16. The van der Waals surface area contributed by atoms with Crippen LogP contribution in [0.4, 0.5) is 0 Å². The molecule has 7 rings (SSSR count). The van der Waals surface area contributed by atoms with Gasteiger partial charge in [-0.3, -0.25) is 0 Å². The number of benzene rings is 5. The van der Waals surface area contributed by atoms with Crippen molar-refractivity contribution in [3.8, 4) is 28.6 Å². The van der Waals surface area contributed by atoms with Gasteiger partial charge >= 0.3 is 11.3 Å². The first-order valence-corrected chi connectivity index (χ1v) is 14.6. The van der Waals surface area contributed by atoms with Crippen LogP contribution in [0, 0.1) is 0 Å². The Hall–Kier alpha value is -5.61. The lowest BCUT2D eigenvalue weighted by atomic mass is 9.77. The Labute approximate surface area is 257 Å². The normalized spacial score (nSPS) is 14.4. The largest absolute Gasteiger partial charge is 0.497 e. The Balaban J connectivity index is 1.51. The standard InChI is InChI=1S/C40H31O4/c1-41-30-20-17-27(18-21-30)19-23-37-39(29-13-7-4-8-14-29)40(34-25-31(42-2)22-24-36(34)43-37)33-26-38(28-11-5-3-6-12-28)44-35-16-10-9-15-32(33)35/h3-26,40H,1-2H3/q+1/b23-19+. The zero-order valence-corrected chi connectivity index (χ0v) is 24.6. The smallest absolute Gasteiger partial charge is 0.361 e. The van der Waals surface area contributed by atoms with Gasteiger partial charge in [0.05, 0.1) is 25.2 Å². The van der Waals surface area contributed by atoms with Gasteiger partial charge in [0, 0.05) is 29.2 Å². The summed E-state index contributed by atoms with van der Waals surface area (Å²) in [6.07, 6.45) is 4.15. The van der Waals surface area contributed by atoms with E-state index >= 15 is 0 Å². The fraction of sp³-hybridized carbons (Fsp3) is 0.0750. The average molecular weight is 576 g/mol. The SMILES string of the molecule is COc1ccc(/C=C/C2=C(c3ccccc3)C(c3cc(-c4ccccc4)[o+]c4ccccc34)c3cc(OC)ccc3O2)cc1. The van der Waals surface area contributed by atoms with Crippen LogP contribution in [0.25, 0.3) is 33.9 Å². The van der Waals surface area contributed by atoms with Crippen LogP contribution >= 0.6 is 0 Å². The summed E-state index contributed by atoms with van der Waals surface area (Å²) in [6, 6.07) is 45.2. The molecular formula is C40H31O4+. The highest BCUT2D eigenvalue weighted by Gasteiger charge is 2.35. The van der Waals surface area contributed by atoms with Gasteiger partial charge in [-0.25, -0.2) is 4.42 Å². The first-order chi connectivity index (χ1) is 21.7. The minimum atomic E-state index is -0.185. The second kappa shape index (κ2) is 11.9. The van der Waals surface area contributed by atoms with Crippen LogP contribution < -0.4 is 14.2 Å². The van der Waals surface area contributed by atoms with Gasteiger partial charge in [-0.15, -0.1) is 0 Å². The van der Waals surface area contributed by atoms with Crippen molar-refractivity contribution in [2.24, 2.45) is 0 Å². The molecule has 1 aromatic heterocycles. The van der Waals surface area contributed by atoms with Gasteiger partial charge in [-0.05, 0) is 71.3 Å². The minimum Gasteiger partial charge on any atom is -0.497 e. The molecule has 0 fully saturated rings. The van der Waals surface area contributed by atoms with E-state index in [2.05, 4.69) is 72.8 Å². The molecule has 4 heteroatoms. The molecule has 5 aromatic carbocycles. The molecule has 1 unspecified atom stereocenters. The predicted octanol–water partition coefficient (Wildman–Crippen LogP) is 10.0. The lowest BCUT2D eigenvalue weighted by molar-refractivity contribution is 0.405. The second-order valence-electron chi connectivity index (χ2n) is 10.6. The molecule has 1 aliphatic heterocycles. The molecule has 6 aromatic rings. The van der Waals surface area contributed by atoms with Gasteiger partial charge in [-0.2, -0.15) is 0 Å². The summed E-state index contributed by atoms with van der Waals surface area (Å²) >= 11 is 0. The van der Waals surface area contributed by atoms with Crippen LogP contribution in [0.3, 0.4) is 0 Å². The summed E-state index contributed by atoms with van der Waals surface area (Å²) in [4.78, 5) is 0. The topological polar surface area (TPSA) is 39.0 Å². The molecule has 44 heavy (non-hydrogen) atoms. The van der Waals surface area contributed by atoms with Gasteiger partial charge in [-0.1, -0.05) is 78.9 Å². The van der Waals surface area contributed by atoms with Crippen molar-refractivity contribution >= 4 is 22.6 Å². The van der Waals surface area contributed by atoms with Gasteiger partial charge in [0.15, 0.2) is 0 Å². The summed E-state index contributed by atoms with van der Waals surface area (Å²) in [7, 11) is 3.37. The third-order valence-corrected chi connectivity index (χ3v) is 8.00. The van der Waals surface area contributed by atoms with Crippen LogP contribution in [0.2, 0.25) is 0 Å². The quantitative estimate of drug-likeness (QED) is 0.178. The number of rotatable bonds is 7. The van der Waals surface area contributed by atoms with Crippen LogP contribution in [0.5, 0.6) is 17.2 Å². The van der Waals surface area contributed by atoms with E-state index in [1.54, 1.807) is 14.2 Å². The van der Waals surface area contributed by atoms with Crippen molar-refractivity contribution in [1.29, 1.82) is 0 Å². The third-order valence-electron chi connectivity index (χ3n) is 8.00. The first kappa shape index (κ1) is 27.2. The van der Waals surface area contributed by atoms with Gasteiger partial charge in [0.2, 0.25) is 0 Å². The van der Waals surface area contributed by atoms with E-state index in [0.717, 1.165) is 73.1 Å². The van der Waals surface area contributed by atoms with Crippen molar-refractivity contribution in [2.75, 3.05) is 14.2 Å². The lowest BCUT2D eigenvalue weighted by Gasteiger charge is -2.31. The summed E-state index contributed by atoms with van der Waals surface area (Å²) in [6.45, 7) is 0. The zero-order chi connectivity index (χ0) is 29.9. The van der Waals surface area contributed by atoms with E-state index in [1.807, 2.05) is 72.8 Å². The number of para-hydroxylation sites is 1. The molecular weight excluding hydrogens is 544 g/mol. The summed E-state index contributed by atoms with van der Waals surface area (Å²) in [5, 5.41) is 1.04. The average Bonchev–Trinajstić information content (AvgIpc) is 3.10. The van der Waals surface area contributed by atoms with Crippen LogP contribution in [-0.2, 0) is 0 Å². The third kappa shape index (κ3) is 5.23. The predicted molar refractivity (Wildman–Crippen MR) is 177 cm³/mol. The van der Waals surface area contributed by atoms with E-state index < -0.39 is 0 Å². The van der Waals surface area contributed by atoms with E-state index in [0.29, 0.717) is 0 Å². The summed E-state index contributed by atoms with van der Waals surface area (Å²) < 4.78 is 24.3. The van der Waals surface area contributed by atoms with Crippen molar-refractivity contribution in [3.05, 3.63) is 168 Å². The highest BCUT2D eigenvalue weighted by molar-refractivity contribution is 5.91. The van der Waals surface area contributed by atoms with Crippen LogP contribution in [0.1, 0.15) is 28.2 Å². The van der Waals surface area contributed by atoms with Crippen molar-refractivity contribution in [2.45, 2.75) is 5.92 Å². The monoisotopic (exact) mass is 575 g/mol. The highest BCUT2D eigenvalue weighted by atomic mass is 16.5. The summed E-state index contributed by atoms with van der Waals surface area (Å²) in [5.74, 6) is 3.78. The van der Waals surface area contributed by atoms with Crippen molar-refractivity contribution in [3.63, 3.8) is 0 Å². The maximum absolute atomic E-state index is 6.73. The Kier molecular flexibility index (Phi) is 7.39. The fourth-order valence-electron chi connectivity index (χ4n) is 5.85. The Bertz CT molecular complexity index is 1990. The van der Waals surface area contributed by atoms with Gasteiger partial charge in [0.1, 0.15) is 23.0 Å². The number of methoxy groups -OCH3 is 2. The fourth-order valence-corrected chi connectivity index (χ4v) is 5.85. The number of ether oxygens (including phenoxy) is 3. The maximum Gasteiger partial charge on any atom is 0.361 e. The van der Waals surface area contributed by atoms with Gasteiger partial charge < -0.3 is 14.2 Å². The maximum atomic E-state index is 6.73.